The summed E-state index contributed by atoms with van der Waals surface area (Å²) in [7, 11) is 1.64. The smallest absolute Gasteiger partial charge is 0.278 e. The number of aryl methyl sites for hydroxylation is 1. The molecular formula is C22H16ClFN4O2. The van der Waals surface area contributed by atoms with Gasteiger partial charge in [0.15, 0.2) is 5.65 Å². The highest BCUT2D eigenvalue weighted by molar-refractivity contribution is 6.31. The van der Waals surface area contributed by atoms with Crippen LogP contribution in [0.15, 0.2) is 65.6 Å². The van der Waals surface area contributed by atoms with Gasteiger partial charge in [0.05, 0.1) is 0 Å². The molecule has 6 nitrogen and oxygen atoms in total. The van der Waals surface area contributed by atoms with Crippen molar-refractivity contribution in [2.75, 3.05) is 0 Å². The number of hydrogen-bond acceptors (Lipinski definition) is 4. The summed E-state index contributed by atoms with van der Waals surface area (Å²) in [4.78, 5) is 33.7. The molecule has 0 fully saturated rings. The fourth-order valence-corrected chi connectivity index (χ4v) is 3.30. The second kappa shape index (κ2) is 8.04. The molecule has 0 aliphatic rings. The van der Waals surface area contributed by atoms with Crippen molar-refractivity contribution < 1.29 is 9.18 Å². The van der Waals surface area contributed by atoms with Crippen molar-refractivity contribution in [2.45, 2.75) is 6.54 Å². The normalized spacial score (nSPS) is 10.9. The van der Waals surface area contributed by atoms with Crippen LogP contribution in [0.2, 0.25) is 5.02 Å². The molecule has 0 saturated heterocycles. The van der Waals surface area contributed by atoms with Crippen molar-refractivity contribution in [1.29, 1.82) is 0 Å². The first-order valence-electron chi connectivity index (χ1n) is 9.08. The van der Waals surface area contributed by atoms with Crippen molar-refractivity contribution in [2.24, 2.45) is 7.05 Å². The number of carbonyl (C=O) groups is 1. The maximum Gasteiger partial charge on any atom is 0.278 e. The van der Waals surface area contributed by atoms with Crippen molar-refractivity contribution in [3.05, 3.63) is 93.1 Å². The van der Waals surface area contributed by atoms with Gasteiger partial charge >= 0.3 is 0 Å². The SMILES string of the molecule is Cn1c(=O)c(-c2ccc(C(=O)NCc3ccc(F)cc3Cl)cc2)nc2cccnc21. The molecule has 0 saturated carbocycles. The van der Waals surface area contributed by atoms with Crippen LogP contribution in [0.5, 0.6) is 0 Å². The first-order valence-corrected chi connectivity index (χ1v) is 9.46. The Kier molecular flexibility index (Phi) is 5.29. The summed E-state index contributed by atoms with van der Waals surface area (Å²) in [5, 5.41) is 2.99. The number of aromatic nitrogens is 3. The Morgan fingerprint density at radius 2 is 1.93 bits per heavy atom. The van der Waals surface area contributed by atoms with Gasteiger partial charge in [-0.3, -0.25) is 14.2 Å². The quantitative estimate of drug-likeness (QED) is 0.543. The number of carbonyl (C=O) groups excluding carboxylic acids is 1. The minimum absolute atomic E-state index is 0.166. The third-order valence-corrected chi connectivity index (χ3v) is 5.05. The Hall–Kier alpha value is -3.58. The highest BCUT2D eigenvalue weighted by atomic mass is 35.5. The van der Waals surface area contributed by atoms with Crippen molar-refractivity contribution in [1.82, 2.24) is 19.9 Å². The van der Waals surface area contributed by atoms with Crippen LogP contribution in [0.25, 0.3) is 22.4 Å². The highest BCUT2D eigenvalue weighted by Gasteiger charge is 2.13. The Labute approximate surface area is 176 Å². The molecule has 0 aliphatic heterocycles. The van der Waals surface area contributed by atoms with E-state index in [2.05, 4.69) is 15.3 Å². The van der Waals surface area contributed by atoms with Gasteiger partial charge < -0.3 is 5.32 Å². The van der Waals surface area contributed by atoms with Crippen LogP contribution in [0.3, 0.4) is 0 Å². The Morgan fingerprint density at radius 3 is 2.67 bits per heavy atom. The van der Waals surface area contributed by atoms with E-state index in [1.54, 1.807) is 49.6 Å². The van der Waals surface area contributed by atoms with E-state index < -0.39 is 5.82 Å². The Morgan fingerprint density at radius 1 is 1.17 bits per heavy atom. The molecule has 0 unspecified atom stereocenters. The number of halogens is 2. The first kappa shape index (κ1) is 19.7. The fraction of sp³-hybridized carbons (Fsp3) is 0.0909. The fourth-order valence-electron chi connectivity index (χ4n) is 3.07. The third-order valence-electron chi connectivity index (χ3n) is 4.70. The topological polar surface area (TPSA) is 76.9 Å². The van der Waals surface area contributed by atoms with E-state index in [0.29, 0.717) is 27.9 Å². The molecule has 0 radical (unpaired) electrons. The molecule has 0 bridgehead atoms. The molecule has 2 aromatic heterocycles. The second-order valence-electron chi connectivity index (χ2n) is 6.67. The van der Waals surface area contributed by atoms with E-state index in [4.69, 9.17) is 11.6 Å². The maximum absolute atomic E-state index is 13.1. The monoisotopic (exact) mass is 422 g/mol. The second-order valence-corrected chi connectivity index (χ2v) is 7.07. The molecule has 2 heterocycles. The van der Waals surface area contributed by atoms with E-state index in [0.717, 1.165) is 0 Å². The van der Waals surface area contributed by atoms with Crippen molar-refractivity contribution >= 4 is 28.7 Å². The average Bonchev–Trinajstić information content (AvgIpc) is 2.75. The lowest BCUT2D eigenvalue weighted by atomic mass is 10.1. The molecule has 150 valence electrons. The van der Waals surface area contributed by atoms with E-state index >= 15 is 0 Å². The number of nitrogens with zero attached hydrogens (tertiary/aromatic N) is 3. The Bertz CT molecular complexity index is 1320. The van der Waals surface area contributed by atoms with Gasteiger partial charge in [0.2, 0.25) is 0 Å². The van der Waals surface area contributed by atoms with Gasteiger partial charge in [0, 0.05) is 35.9 Å². The van der Waals surface area contributed by atoms with Gasteiger partial charge in [0.25, 0.3) is 11.5 Å². The van der Waals surface area contributed by atoms with Gasteiger partial charge in [-0.25, -0.2) is 14.4 Å². The van der Waals surface area contributed by atoms with Crippen LogP contribution in [0.1, 0.15) is 15.9 Å². The number of rotatable bonds is 4. The van der Waals surface area contributed by atoms with Gasteiger partial charge in [-0.1, -0.05) is 29.8 Å². The summed E-state index contributed by atoms with van der Waals surface area (Å²) in [6, 6.07) is 14.1. The summed E-state index contributed by atoms with van der Waals surface area (Å²) in [6.07, 6.45) is 1.61. The van der Waals surface area contributed by atoms with Crippen LogP contribution < -0.4 is 10.9 Å². The molecule has 0 spiro atoms. The van der Waals surface area contributed by atoms with Crippen LogP contribution in [-0.4, -0.2) is 20.4 Å². The number of nitrogens with one attached hydrogen (secondary N) is 1. The maximum atomic E-state index is 13.1. The van der Waals surface area contributed by atoms with Crippen LogP contribution in [0, 0.1) is 5.82 Å². The summed E-state index contributed by atoms with van der Waals surface area (Å²) in [6.45, 7) is 0.166. The standard InChI is InChI=1S/C22H16ClFN4O2/c1-28-20-18(3-2-10-25-20)27-19(22(28)30)13-4-6-14(7-5-13)21(29)26-12-15-8-9-16(24)11-17(15)23/h2-11H,12H2,1H3,(H,26,29). The van der Waals surface area contributed by atoms with E-state index in [9.17, 15) is 14.0 Å². The molecule has 2 aromatic carbocycles. The summed E-state index contributed by atoms with van der Waals surface area (Å²) in [5.41, 5.74) is 2.73. The molecule has 4 aromatic rings. The first-order chi connectivity index (χ1) is 14.4. The highest BCUT2D eigenvalue weighted by Crippen LogP contribution is 2.19. The lowest BCUT2D eigenvalue weighted by Crippen LogP contribution is -2.23. The molecule has 0 atom stereocenters. The number of benzene rings is 2. The summed E-state index contributed by atoms with van der Waals surface area (Å²) < 4.78 is 14.6. The van der Waals surface area contributed by atoms with E-state index in [-0.39, 0.29) is 28.7 Å². The van der Waals surface area contributed by atoms with Gasteiger partial charge in [-0.05, 0) is 42.0 Å². The third kappa shape index (κ3) is 3.79. The van der Waals surface area contributed by atoms with Crippen molar-refractivity contribution in [3.8, 4) is 11.3 Å². The summed E-state index contributed by atoms with van der Waals surface area (Å²) >= 11 is 5.98. The summed E-state index contributed by atoms with van der Waals surface area (Å²) in [5.74, 6) is -0.750. The van der Waals surface area contributed by atoms with Crippen LogP contribution in [-0.2, 0) is 13.6 Å². The van der Waals surface area contributed by atoms with Gasteiger partial charge in [-0.2, -0.15) is 0 Å². The molecule has 1 N–H and O–H groups in total. The zero-order valence-electron chi connectivity index (χ0n) is 15.9. The predicted octanol–water partition coefficient (Wildman–Crippen LogP) is 3.72. The van der Waals surface area contributed by atoms with Crippen molar-refractivity contribution in [3.63, 3.8) is 0 Å². The number of amides is 1. The molecule has 1 amide bonds. The van der Waals surface area contributed by atoms with Crippen LogP contribution in [0.4, 0.5) is 4.39 Å². The molecule has 8 heteroatoms. The lowest BCUT2D eigenvalue weighted by Gasteiger charge is -2.09. The zero-order valence-corrected chi connectivity index (χ0v) is 16.7. The largest absolute Gasteiger partial charge is 0.348 e. The van der Waals surface area contributed by atoms with E-state index in [1.807, 2.05) is 0 Å². The number of pyridine rings is 1. The predicted molar refractivity (Wildman–Crippen MR) is 113 cm³/mol. The molecule has 4 rings (SSSR count). The van der Waals surface area contributed by atoms with Gasteiger partial charge in [-0.15, -0.1) is 0 Å². The lowest BCUT2D eigenvalue weighted by molar-refractivity contribution is 0.0951. The average molecular weight is 423 g/mol. The van der Waals surface area contributed by atoms with E-state index in [1.165, 1.54) is 22.8 Å². The Balaban J connectivity index is 1.56. The zero-order chi connectivity index (χ0) is 21.3. The number of fused-ring (bicyclic) bond motifs is 1. The molecular weight excluding hydrogens is 407 g/mol. The minimum Gasteiger partial charge on any atom is -0.348 e. The van der Waals surface area contributed by atoms with Crippen LogP contribution >= 0.6 is 11.6 Å². The molecule has 30 heavy (non-hydrogen) atoms. The van der Waals surface area contributed by atoms with Gasteiger partial charge in [0.1, 0.15) is 17.0 Å². The minimum atomic E-state index is -0.435. The molecule has 0 aliphatic carbocycles. The number of hydrogen-bond donors (Lipinski definition) is 1.